The number of hydrogen-bond acceptors (Lipinski definition) is 5. The van der Waals surface area contributed by atoms with E-state index >= 15 is 0 Å². The van der Waals surface area contributed by atoms with E-state index in [1.54, 1.807) is 0 Å². The normalized spacial score (nSPS) is 26.6. The molecule has 1 aromatic rings. The van der Waals surface area contributed by atoms with E-state index < -0.39 is 11.6 Å². The minimum atomic E-state index is -0.990. The van der Waals surface area contributed by atoms with Crippen LogP contribution in [0.5, 0.6) is 0 Å². The van der Waals surface area contributed by atoms with Crippen molar-refractivity contribution >= 4 is 17.8 Å². The molecule has 0 aromatic carbocycles. The molecule has 2 aliphatic heterocycles. The fourth-order valence-electron chi connectivity index (χ4n) is 2.27. The fourth-order valence-corrected chi connectivity index (χ4v) is 2.27. The van der Waals surface area contributed by atoms with E-state index in [9.17, 15) is 14.4 Å². The van der Waals surface area contributed by atoms with E-state index in [4.69, 9.17) is 0 Å². The molecular formula is C9H10N6O3. The summed E-state index contributed by atoms with van der Waals surface area (Å²) in [5.41, 5.74) is -0.798. The van der Waals surface area contributed by atoms with Crippen LogP contribution in [0.25, 0.3) is 0 Å². The van der Waals surface area contributed by atoms with Gasteiger partial charge in [-0.05, 0) is 6.42 Å². The highest BCUT2D eigenvalue weighted by Gasteiger charge is 2.51. The molecule has 2 saturated heterocycles. The zero-order valence-corrected chi connectivity index (χ0v) is 9.27. The summed E-state index contributed by atoms with van der Waals surface area (Å²) in [6.45, 7) is 0.537. The largest absolute Gasteiger partial charge is 0.334 e. The van der Waals surface area contributed by atoms with Crippen molar-refractivity contribution in [2.75, 3.05) is 13.1 Å². The van der Waals surface area contributed by atoms with Gasteiger partial charge in [-0.3, -0.25) is 14.9 Å². The number of likely N-dealkylation sites (tertiary alicyclic amines) is 1. The third-order valence-corrected chi connectivity index (χ3v) is 3.21. The number of carbonyl (C=O) groups is 3. The molecule has 3 heterocycles. The summed E-state index contributed by atoms with van der Waals surface area (Å²) in [6, 6.07) is -0.518. The number of imide groups is 1. The number of H-pyrrole nitrogens is 1. The first kappa shape index (κ1) is 10.7. The predicted octanol–water partition coefficient (Wildman–Crippen LogP) is -1.77. The first-order chi connectivity index (χ1) is 8.61. The second kappa shape index (κ2) is 3.52. The van der Waals surface area contributed by atoms with Gasteiger partial charge in [0.25, 0.3) is 11.8 Å². The number of rotatable bonds is 1. The van der Waals surface area contributed by atoms with Crippen molar-refractivity contribution in [3.05, 3.63) is 11.9 Å². The van der Waals surface area contributed by atoms with Gasteiger partial charge in [-0.1, -0.05) is 0 Å². The van der Waals surface area contributed by atoms with Crippen LogP contribution in [0.4, 0.5) is 4.79 Å². The molecular weight excluding hydrogens is 240 g/mol. The van der Waals surface area contributed by atoms with E-state index in [0.717, 1.165) is 0 Å². The van der Waals surface area contributed by atoms with Gasteiger partial charge in [-0.2, -0.15) is 15.4 Å². The molecule has 3 rings (SSSR count). The Morgan fingerprint density at radius 3 is 2.89 bits per heavy atom. The fraction of sp³-hybridized carbons (Fsp3) is 0.444. The molecule has 0 saturated carbocycles. The van der Waals surface area contributed by atoms with E-state index in [1.165, 1.54) is 11.1 Å². The molecule has 3 N–H and O–H groups in total. The third kappa shape index (κ3) is 1.44. The lowest BCUT2D eigenvalue weighted by Gasteiger charge is -2.20. The van der Waals surface area contributed by atoms with E-state index in [2.05, 4.69) is 26.0 Å². The number of aromatic amines is 1. The summed E-state index contributed by atoms with van der Waals surface area (Å²) >= 11 is 0. The Balaban J connectivity index is 1.78. The summed E-state index contributed by atoms with van der Waals surface area (Å²) in [6.07, 6.45) is 1.72. The molecule has 0 radical (unpaired) electrons. The Labute approximate surface area is 101 Å². The van der Waals surface area contributed by atoms with E-state index in [1.807, 2.05) is 0 Å². The van der Waals surface area contributed by atoms with Gasteiger partial charge in [0.2, 0.25) is 0 Å². The summed E-state index contributed by atoms with van der Waals surface area (Å²) in [5, 5.41) is 14.4. The van der Waals surface area contributed by atoms with Gasteiger partial charge in [0.05, 0.1) is 12.7 Å². The van der Waals surface area contributed by atoms with Gasteiger partial charge in [0.1, 0.15) is 5.54 Å². The van der Waals surface area contributed by atoms with Crippen molar-refractivity contribution in [3.63, 3.8) is 0 Å². The number of nitrogens with one attached hydrogen (secondary N) is 3. The first-order valence-electron chi connectivity index (χ1n) is 5.39. The van der Waals surface area contributed by atoms with Crippen LogP contribution in [0.15, 0.2) is 6.20 Å². The molecule has 1 atom stereocenters. The van der Waals surface area contributed by atoms with Crippen LogP contribution in [-0.2, 0) is 4.79 Å². The molecule has 9 nitrogen and oxygen atoms in total. The van der Waals surface area contributed by atoms with Crippen molar-refractivity contribution < 1.29 is 14.4 Å². The molecule has 4 amide bonds. The van der Waals surface area contributed by atoms with Gasteiger partial charge in [0, 0.05) is 6.54 Å². The van der Waals surface area contributed by atoms with E-state index in [-0.39, 0.29) is 24.1 Å². The Morgan fingerprint density at radius 1 is 1.44 bits per heavy atom. The van der Waals surface area contributed by atoms with Crippen molar-refractivity contribution in [2.45, 2.75) is 12.0 Å². The maximum absolute atomic E-state index is 12.0. The number of carbonyl (C=O) groups excluding carboxylic acids is 3. The van der Waals surface area contributed by atoms with Crippen molar-refractivity contribution in [3.8, 4) is 0 Å². The van der Waals surface area contributed by atoms with Gasteiger partial charge in [0.15, 0.2) is 5.69 Å². The number of aromatic nitrogens is 3. The van der Waals surface area contributed by atoms with Crippen molar-refractivity contribution in [2.24, 2.45) is 0 Å². The highest BCUT2D eigenvalue weighted by molar-refractivity contribution is 6.08. The summed E-state index contributed by atoms with van der Waals surface area (Å²) < 4.78 is 0. The number of urea groups is 1. The Bertz CT molecular complexity index is 526. The number of hydrogen-bond donors (Lipinski definition) is 3. The topological polar surface area (TPSA) is 120 Å². The lowest BCUT2D eigenvalue weighted by Crippen LogP contribution is -2.49. The average molecular weight is 250 g/mol. The van der Waals surface area contributed by atoms with Gasteiger partial charge in [-0.15, -0.1) is 0 Å². The first-order valence-corrected chi connectivity index (χ1v) is 5.39. The Kier molecular flexibility index (Phi) is 2.09. The highest BCUT2D eigenvalue weighted by atomic mass is 16.2. The van der Waals surface area contributed by atoms with Gasteiger partial charge >= 0.3 is 6.03 Å². The van der Waals surface area contributed by atoms with Crippen LogP contribution in [0.2, 0.25) is 0 Å². The Hall–Kier alpha value is -2.45. The quantitative estimate of drug-likeness (QED) is 0.509. The zero-order valence-electron chi connectivity index (χ0n) is 9.27. The molecule has 1 unspecified atom stereocenters. The minimum absolute atomic E-state index is 0.149. The monoisotopic (exact) mass is 250 g/mol. The predicted molar refractivity (Wildman–Crippen MR) is 56.3 cm³/mol. The lowest BCUT2D eigenvalue weighted by molar-refractivity contribution is -0.123. The van der Waals surface area contributed by atoms with Crippen LogP contribution < -0.4 is 10.6 Å². The zero-order chi connectivity index (χ0) is 12.8. The second-order valence-corrected chi connectivity index (χ2v) is 4.32. The average Bonchev–Trinajstić information content (AvgIpc) is 3.01. The van der Waals surface area contributed by atoms with Crippen LogP contribution in [0, 0.1) is 0 Å². The maximum Gasteiger partial charge on any atom is 0.322 e. The standard InChI is InChI=1S/C9H10N6O3/c16-6(5-3-10-14-13-5)15-2-1-9(4-15)7(17)11-8(18)12-9/h3H,1-2,4H2,(H,10,13,14)(H2,11,12,17,18). The summed E-state index contributed by atoms with van der Waals surface area (Å²) in [7, 11) is 0. The van der Waals surface area contributed by atoms with Crippen LogP contribution in [0.1, 0.15) is 16.9 Å². The number of amides is 4. The Morgan fingerprint density at radius 2 is 2.28 bits per heavy atom. The van der Waals surface area contributed by atoms with Gasteiger partial charge < -0.3 is 10.2 Å². The van der Waals surface area contributed by atoms with Crippen LogP contribution >= 0.6 is 0 Å². The second-order valence-electron chi connectivity index (χ2n) is 4.32. The molecule has 9 heteroatoms. The number of nitrogens with zero attached hydrogens (tertiary/aromatic N) is 3. The maximum atomic E-state index is 12.0. The molecule has 0 aliphatic carbocycles. The van der Waals surface area contributed by atoms with Gasteiger partial charge in [-0.25, -0.2) is 4.79 Å². The SMILES string of the molecule is O=C1NC(=O)C2(CCN(C(=O)c3cn[nH]n3)C2)N1. The third-order valence-electron chi connectivity index (χ3n) is 3.21. The molecule has 1 spiro atoms. The minimum Gasteiger partial charge on any atom is -0.334 e. The van der Waals surface area contributed by atoms with Crippen molar-refractivity contribution in [1.82, 2.24) is 30.9 Å². The smallest absolute Gasteiger partial charge is 0.322 e. The van der Waals surface area contributed by atoms with E-state index in [0.29, 0.717) is 13.0 Å². The molecule has 1 aromatic heterocycles. The molecule has 94 valence electrons. The van der Waals surface area contributed by atoms with Crippen molar-refractivity contribution in [1.29, 1.82) is 0 Å². The lowest BCUT2D eigenvalue weighted by atomic mass is 10.00. The summed E-state index contributed by atoms with van der Waals surface area (Å²) in [4.78, 5) is 36.3. The van der Waals surface area contributed by atoms with Crippen LogP contribution in [0.3, 0.4) is 0 Å². The van der Waals surface area contributed by atoms with Crippen LogP contribution in [-0.4, -0.2) is 56.8 Å². The molecule has 2 aliphatic rings. The molecule has 18 heavy (non-hydrogen) atoms. The molecule has 2 fully saturated rings. The highest BCUT2D eigenvalue weighted by Crippen LogP contribution is 2.25. The summed E-state index contributed by atoms with van der Waals surface area (Å²) in [5.74, 6) is -0.697. The molecule has 0 bridgehead atoms.